The summed E-state index contributed by atoms with van der Waals surface area (Å²) in [4.78, 5) is 66.9. The third kappa shape index (κ3) is 8.81. The number of hydrogen-bond donors (Lipinski definition) is 4. The van der Waals surface area contributed by atoms with E-state index in [1.165, 1.54) is 12.1 Å². The summed E-state index contributed by atoms with van der Waals surface area (Å²) >= 11 is 0. The Morgan fingerprint density at radius 1 is 0.917 bits per heavy atom. The quantitative estimate of drug-likeness (QED) is 0.140. The molecule has 3 atom stereocenters. The number of nitrogens with zero attached hydrogens (tertiary/aromatic N) is 5. The summed E-state index contributed by atoms with van der Waals surface area (Å²) in [5, 5.41) is 16.0. The van der Waals surface area contributed by atoms with Gasteiger partial charge in [0.2, 0.25) is 11.8 Å². The van der Waals surface area contributed by atoms with Gasteiger partial charge in [-0.2, -0.15) is 0 Å². The second-order valence-electron chi connectivity index (χ2n) is 17.1. The number of ether oxygens (including phenoxy) is 1. The molecule has 3 saturated heterocycles. The maximum atomic E-state index is 13.8. The van der Waals surface area contributed by atoms with Gasteiger partial charge in [-0.3, -0.25) is 14.5 Å². The summed E-state index contributed by atoms with van der Waals surface area (Å²) in [6.45, 7) is 9.85. The van der Waals surface area contributed by atoms with Gasteiger partial charge in [0.05, 0.1) is 17.1 Å². The molecule has 4 aliphatic rings. The van der Waals surface area contributed by atoms with E-state index in [9.17, 15) is 37.5 Å². The summed E-state index contributed by atoms with van der Waals surface area (Å²) in [5.74, 6) is 0.169. The molecule has 1 aliphatic carbocycles. The molecule has 17 heteroatoms. The van der Waals surface area contributed by atoms with Crippen molar-refractivity contribution in [1.82, 2.24) is 34.9 Å². The number of rotatable bonds is 9. The lowest BCUT2D eigenvalue weighted by atomic mass is 9.99. The zero-order valence-electron chi connectivity index (χ0n) is 33.9. The lowest BCUT2D eigenvalue weighted by molar-refractivity contribution is -0.274. The van der Waals surface area contributed by atoms with Crippen molar-refractivity contribution >= 4 is 51.4 Å². The zero-order chi connectivity index (χ0) is 42.5. The Morgan fingerprint density at radius 2 is 1.65 bits per heavy atom. The van der Waals surface area contributed by atoms with Crippen LogP contribution in [0.2, 0.25) is 0 Å². The van der Waals surface area contributed by atoms with Crippen molar-refractivity contribution < 1.29 is 42.2 Å². The largest absolute Gasteiger partial charge is 0.573 e. The summed E-state index contributed by atoms with van der Waals surface area (Å²) in [7, 11) is 0. The van der Waals surface area contributed by atoms with Crippen LogP contribution in [0.5, 0.6) is 5.75 Å². The molecule has 0 unspecified atom stereocenters. The number of benzene rings is 3. The third-order valence-electron chi connectivity index (χ3n) is 12.4. The first-order valence-electron chi connectivity index (χ1n) is 20.8. The van der Waals surface area contributed by atoms with Crippen molar-refractivity contribution in [2.45, 2.75) is 77.4 Å². The number of nitrogens with one attached hydrogen (secondary N) is 3. The molecule has 4 aromatic rings. The van der Waals surface area contributed by atoms with E-state index in [2.05, 4.69) is 25.3 Å². The van der Waals surface area contributed by atoms with Gasteiger partial charge in [-0.05, 0) is 79.2 Å². The monoisotopic (exact) mass is 832 g/mol. The minimum Gasteiger partial charge on any atom is -0.465 e. The molecule has 1 saturated carbocycles. The number of amides is 5. The summed E-state index contributed by atoms with van der Waals surface area (Å²) < 4.78 is 45.9. The van der Waals surface area contributed by atoms with Gasteiger partial charge in [-0.25, -0.2) is 14.6 Å². The number of carbonyl (C=O) groups is 4. The van der Waals surface area contributed by atoms with Crippen molar-refractivity contribution in [2.75, 3.05) is 51.1 Å². The number of hydrogen-bond acceptors (Lipinski definition) is 7. The number of piperidine rings is 1. The molecule has 1 aromatic heterocycles. The van der Waals surface area contributed by atoms with Crippen molar-refractivity contribution in [3.05, 3.63) is 54.4 Å². The molecule has 0 bridgehead atoms. The number of alkyl halides is 3. The average Bonchev–Trinajstić information content (AvgIpc) is 3.85. The highest BCUT2D eigenvalue weighted by molar-refractivity contribution is 6.05. The smallest absolute Gasteiger partial charge is 0.465 e. The van der Waals surface area contributed by atoms with Crippen LogP contribution in [0.3, 0.4) is 0 Å². The molecule has 4 heterocycles. The van der Waals surface area contributed by atoms with Crippen molar-refractivity contribution in [3.8, 4) is 16.9 Å². The second-order valence-corrected chi connectivity index (χ2v) is 17.1. The zero-order valence-corrected chi connectivity index (χ0v) is 33.9. The molecule has 0 spiro atoms. The maximum absolute atomic E-state index is 13.8. The predicted octanol–water partition coefficient (Wildman–Crippen LogP) is 7.03. The van der Waals surface area contributed by atoms with Gasteiger partial charge in [0.15, 0.2) is 0 Å². The van der Waals surface area contributed by atoms with Crippen LogP contribution in [0.1, 0.15) is 64.7 Å². The number of carbonyl (C=O) groups excluding carboxylic acids is 3. The van der Waals surface area contributed by atoms with E-state index >= 15 is 0 Å². The van der Waals surface area contributed by atoms with E-state index < -0.39 is 36.3 Å². The Bertz CT molecular complexity index is 2280. The highest BCUT2D eigenvalue weighted by atomic mass is 19.4. The number of halogens is 3. The van der Waals surface area contributed by atoms with E-state index in [-0.39, 0.29) is 40.8 Å². The van der Waals surface area contributed by atoms with Crippen molar-refractivity contribution in [3.63, 3.8) is 0 Å². The number of likely N-dealkylation sites (tertiary alicyclic amines) is 2. The van der Waals surface area contributed by atoms with Gasteiger partial charge in [0.25, 0.3) is 0 Å². The van der Waals surface area contributed by atoms with Gasteiger partial charge in [-0.1, -0.05) is 39.0 Å². The van der Waals surface area contributed by atoms with Crippen LogP contribution >= 0.6 is 0 Å². The van der Waals surface area contributed by atoms with Gasteiger partial charge in [0, 0.05) is 80.5 Å². The Kier molecular flexibility index (Phi) is 11.3. The SMILES string of the molecule is CC(C)[C@H](NC(=O)O)C(=O)N1C[C@@H](C)C[C@H]1c1nc2c(ccc3cc(-c4ccc(NC(=O)N5CCN(C6CCN(C(=O)C7CC7)CC6)CC5)cc4OC(F)(F)F)ccc32)[nH]1. The Morgan fingerprint density at radius 3 is 2.32 bits per heavy atom. The van der Waals surface area contributed by atoms with Crippen LogP contribution in [0.15, 0.2) is 48.5 Å². The molecule has 60 heavy (non-hydrogen) atoms. The van der Waals surface area contributed by atoms with Gasteiger partial charge >= 0.3 is 18.5 Å². The summed E-state index contributed by atoms with van der Waals surface area (Å²) in [6, 6.07) is 11.8. The van der Waals surface area contributed by atoms with Gasteiger partial charge < -0.3 is 40.2 Å². The standard InChI is InChI=1S/C43H51F3N8O6/c1-24(2)36(50-42(58)59)40(56)54-23-25(3)20-34(54)38-48-33-11-7-28-21-27(6-9-32(28)37(33)49-38)31-10-8-29(22-35(31)60-43(44,45)46)47-41(57)53-18-16-51(17-19-53)30-12-14-52(15-13-30)39(55)26-4-5-26/h6-11,21-22,24-26,30,34,36,50H,4-5,12-20,23H2,1-3H3,(H,47,57)(H,48,49)(H,58,59)/t25-,34-,36-/m0/s1. The fourth-order valence-corrected chi connectivity index (χ4v) is 9.10. The topological polar surface area (TPSA) is 163 Å². The molecule has 8 rings (SSSR count). The number of aromatic amines is 1. The van der Waals surface area contributed by atoms with Crippen LogP contribution in [0, 0.1) is 17.8 Å². The van der Waals surface area contributed by atoms with Crippen LogP contribution in [0.25, 0.3) is 32.9 Å². The Labute approximate surface area is 345 Å². The number of urea groups is 1. The lowest BCUT2D eigenvalue weighted by Crippen LogP contribution is -2.55. The van der Waals surface area contributed by atoms with Gasteiger partial charge in [0.1, 0.15) is 17.6 Å². The predicted molar refractivity (Wildman–Crippen MR) is 218 cm³/mol. The first kappa shape index (κ1) is 41.2. The number of carboxylic acid groups (broad SMARTS) is 1. The van der Waals surface area contributed by atoms with E-state index in [1.807, 2.05) is 24.0 Å². The highest BCUT2D eigenvalue weighted by Gasteiger charge is 2.41. The minimum atomic E-state index is -4.99. The number of anilines is 1. The normalized spacial score (nSPS) is 21.1. The molecule has 14 nitrogen and oxygen atoms in total. The number of aromatic nitrogens is 2. The average molecular weight is 833 g/mol. The fourth-order valence-electron chi connectivity index (χ4n) is 9.10. The molecule has 320 valence electrons. The second kappa shape index (κ2) is 16.5. The maximum Gasteiger partial charge on any atom is 0.573 e. The minimum absolute atomic E-state index is 0.151. The summed E-state index contributed by atoms with van der Waals surface area (Å²) in [5.41, 5.74) is 2.14. The van der Waals surface area contributed by atoms with E-state index in [1.54, 1.807) is 47.9 Å². The molecule has 0 radical (unpaired) electrons. The Hall–Kier alpha value is -5.58. The third-order valence-corrected chi connectivity index (χ3v) is 12.4. The van der Waals surface area contributed by atoms with E-state index in [0.717, 1.165) is 44.2 Å². The van der Waals surface area contributed by atoms with Crippen LogP contribution < -0.4 is 15.4 Å². The first-order valence-corrected chi connectivity index (χ1v) is 20.8. The first-order chi connectivity index (χ1) is 28.6. The number of piperazine rings is 1. The number of H-pyrrole nitrogens is 1. The molecule has 4 N–H and O–H groups in total. The molecule has 3 aromatic carbocycles. The van der Waals surface area contributed by atoms with E-state index in [0.29, 0.717) is 73.0 Å². The Balaban J connectivity index is 0.965. The molecule has 5 amide bonds. The molecule has 4 fully saturated rings. The highest BCUT2D eigenvalue weighted by Crippen LogP contribution is 2.40. The van der Waals surface area contributed by atoms with E-state index in [4.69, 9.17) is 4.98 Å². The van der Waals surface area contributed by atoms with Crippen LogP contribution in [0.4, 0.5) is 28.4 Å². The fraction of sp³-hybridized carbons (Fsp3) is 0.512. The number of imidazole rings is 1. The summed E-state index contributed by atoms with van der Waals surface area (Å²) in [6.07, 6.45) is -1.83. The van der Waals surface area contributed by atoms with Crippen molar-refractivity contribution in [2.24, 2.45) is 17.8 Å². The van der Waals surface area contributed by atoms with Crippen LogP contribution in [-0.2, 0) is 9.59 Å². The lowest BCUT2D eigenvalue weighted by Gasteiger charge is -2.42. The molecular formula is C43H51F3N8O6. The van der Waals surface area contributed by atoms with Crippen molar-refractivity contribution in [1.29, 1.82) is 0 Å². The molecular weight excluding hydrogens is 782 g/mol. The van der Waals surface area contributed by atoms with Gasteiger partial charge in [-0.15, -0.1) is 13.2 Å². The number of fused-ring (bicyclic) bond motifs is 3. The molecule has 3 aliphatic heterocycles. The van der Waals surface area contributed by atoms with Crippen LogP contribution in [-0.4, -0.2) is 123 Å².